The van der Waals surface area contributed by atoms with Crippen LogP contribution in [-0.4, -0.2) is 49.1 Å². The molecular formula is C17H34N2. The summed E-state index contributed by atoms with van der Waals surface area (Å²) in [6.07, 6.45) is 5.41. The van der Waals surface area contributed by atoms with Gasteiger partial charge in [0, 0.05) is 26.2 Å². The Hall–Kier alpha value is -0.0800. The van der Waals surface area contributed by atoms with E-state index < -0.39 is 0 Å². The van der Waals surface area contributed by atoms with E-state index in [-0.39, 0.29) is 0 Å². The van der Waals surface area contributed by atoms with Crippen LogP contribution in [0.3, 0.4) is 0 Å². The van der Waals surface area contributed by atoms with Gasteiger partial charge in [0.2, 0.25) is 0 Å². The van der Waals surface area contributed by atoms with Crippen LogP contribution in [0.15, 0.2) is 0 Å². The summed E-state index contributed by atoms with van der Waals surface area (Å²) in [4.78, 5) is 5.50. The van der Waals surface area contributed by atoms with Gasteiger partial charge in [-0.2, -0.15) is 0 Å². The molecule has 0 amide bonds. The van der Waals surface area contributed by atoms with Crippen molar-refractivity contribution in [1.29, 1.82) is 0 Å². The summed E-state index contributed by atoms with van der Waals surface area (Å²) in [6.45, 7) is 17.7. The molecule has 2 nitrogen and oxygen atoms in total. The van der Waals surface area contributed by atoms with Gasteiger partial charge in [0.15, 0.2) is 0 Å². The number of piperidine rings is 2. The van der Waals surface area contributed by atoms with Gasteiger partial charge in [0.05, 0.1) is 0 Å². The Labute approximate surface area is 120 Å². The smallest absolute Gasteiger partial charge is 0.00273 e. The maximum absolute atomic E-state index is 2.75. The van der Waals surface area contributed by atoms with Crippen molar-refractivity contribution in [1.82, 2.24) is 9.80 Å². The van der Waals surface area contributed by atoms with E-state index in [0.717, 1.165) is 11.8 Å². The zero-order valence-electron chi connectivity index (χ0n) is 13.6. The van der Waals surface area contributed by atoms with Crippen LogP contribution in [0, 0.1) is 17.3 Å². The number of fused-ring (bicyclic) bond motifs is 2. The number of likely N-dealkylation sites (tertiary alicyclic amines) is 2. The van der Waals surface area contributed by atoms with Crippen LogP contribution in [0.25, 0.3) is 0 Å². The van der Waals surface area contributed by atoms with Gasteiger partial charge in [0.1, 0.15) is 0 Å². The lowest BCUT2D eigenvalue weighted by Crippen LogP contribution is -2.61. The molecular weight excluding hydrogens is 232 g/mol. The Morgan fingerprint density at radius 1 is 0.789 bits per heavy atom. The van der Waals surface area contributed by atoms with Crippen LogP contribution in [0.2, 0.25) is 0 Å². The van der Waals surface area contributed by atoms with Crippen molar-refractivity contribution in [3.63, 3.8) is 0 Å². The van der Waals surface area contributed by atoms with Gasteiger partial charge in [-0.05, 0) is 43.2 Å². The molecule has 2 bridgehead atoms. The van der Waals surface area contributed by atoms with Gasteiger partial charge in [-0.25, -0.2) is 0 Å². The zero-order valence-corrected chi connectivity index (χ0v) is 13.6. The molecule has 0 aliphatic carbocycles. The Kier molecular flexibility index (Phi) is 5.30. The van der Waals surface area contributed by atoms with Crippen molar-refractivity contribution in [3.05, 3.63) is 0 Å². The molecule has 0 aromatic heterocycles. The van der Waals surface area contributed by atoms with E-state index in [1.165, 1.54) is 65.0 Å². The van der Waals surface area contributed by atoms with Crippen LogP contribution in [0.4, 0.5) is 0 Å². The first-order chi connectivity index (χ1) is 9.07. The third-order valence-corrected chi connectivity index (χ3v) is 5.67. The van der Waals surface area contributed by atoms with Crippen LogP contribution >= 0.6 is 0 Å². The summed E-state index contributed by atoms with van der Waals surface area (Å²) >= 11 is 0. The Bertz CT molecular complexity index is 236. The number of hydrogen-bond donors (Lipinski definition) is 0. The first-order valence-electron chi connectivity index (χ1n) is 8.52. The zero-order chi connectivity index (χ0) is 13.9. The van der Waals surface area contributed by atoms with Gasteiger partial charge < -0.3 is 9.80 Å². The van der Waals surface area contributed by atoms with Crippen LogP contribution in [0.1, 0.15) is 53.4 Å². The van der Waals surface area contributed by atoms with Crippen molar-refractivity contribution in [2.24, 2.45) is 17.3 Å². The van der Waals surface area contributed by atoms with Gasteiger partial charge in [-0.1, -0.05) is 40.5 Å². The minimum atomic E-state index is 0.561. The van der Waals surface area contributed by atoms with Gasteiger partial charge in [-0.3, -0.25) is 0 Å². The Morgan fingerprint density at radius 2 is 1.16 bits per heavy atom. The average Bonchev–Trinajstić information content (AvgIpc) is 2.34. The second-order valence-electron chi connectivity index (χ2n) is 7.44. The molecule has 19 heavy (non-hydrogen) atoms. The summed E-state index contributed by atoms with van der Waals surface area (Å²) in [7, 11) is 0. The molecule has 0 saturated carbocycles. The maximum Gasteiger partial charge on any atom is 0.00273 e. The fourth-order valence-electron chi connectivity index (χ4n) is 3.91. The Balaban J connectivity index is 1.94. The third-order valence-electron chi connectivity index (χ3n) is 5.67. The molecule has 2 aliphatic rings. The van der Waals surface area contributed by atoms with Crippen LogP contribution in [-0.2, 0) is 0 Å². The second-order valence-corrected chi connectivity index (χ2v) is 7.44. The van der Waals surface area contributed by atoms with E-state index in [2.05, 4.69) is 37.5 Å². The molecule has 2 aliphatic heterocycles. The van der Waals surface area contributed by atoms with Crippen molar-refractivity contribution >= 4 is 0 Å². The molecule has 0 spiro atoms. The van der Waals surface area contributed by atoms with E-state index in [9.17, 15) is 0 Å². The maximum atomic E-state index is 2.75. The number of rotatable bonds is 6. The minimum Gasteiger partial charge on any atom is -0.303 e. The fourth-order valence-corrected chi connectivity index (χ4v) is 3.91. The topological polar surface area (TPSA) is 6.48 Å². The summed E-state index contributed by atoms with van der Waals surface area (Å²) in [5.41, 5.74) is 0.561. The van der Waals surface area contributed by atoms with E-state index in [1.54, 1.807) is 0 Å². The van der Waals surface area contributed by atoms with E-state index in [0.29, 0.717) is 5.41 Å². The molecule has 2 rings (SSSR count). The molecule has 2 fully saturated rings. The first kappa shape index (κ1) is 15.3. The second kappa shape index (κ2) is 6.58. The van der Waals surface area contributed by atoms with Gasteiger partial charge >= 0.3 is 0 Å². The summed E-state index contributed by atoms with van der Waals surface area (Å²) in [5, 5.41) is 0. The van der Waals surface area contributed by atoms with Crippen LogP contribution < -0.4 is 0 Å². The predicted molar refractivity (Wildman–Crippen MR) is 83.5 cm³/mol. The molecule has 2 saturated heterocycles. The van der Waals surface area contributed by atoms with E-state index in [1.807, 2.05) is 0 Å². The monoisotopic (exact) mass is 266 g/mol. The first-order valence-corrected chi connectivity index (χ1v) is 8.52. The van der Waals surface area contributed by atoms with E-state index >= 15 is 0 Å². The number of hydrogen-bond acceptors (Lipinski definition) is 2. The van der Waals surface area contributed by atoms with Crippen molar-refractivity contribution < 1.29 is 0 Å². The fraction of sp³-hybridized carbons (Fsp3) is 1.00. The lowest BCUT2D eigenvalue weighted by molar-refractivity contribution is -0.0717. The Morgan fingerprint density at radius 3 is 1.47 bits per heavy atom. The molecule has 0 unspecified atom stereocenters. The van der Waals surface area contributed by atoms with Crippen molar-refractivity contribution in [2.45, 2.75) is 53.4 Å². The van der Waals surface area contributed by atoms with E-state index in [4.69, 9.17) is 0 Å². The average molecular weight is 266 g/mol. The van der Waals surface area contributed by atoms with Crippen molar-refractivity contribution in [2.75, 3.05) is 39.3 Å². The molecule has 0 radical (unpaired) electrons. The lowest BCUT2D eigenvalue weighted by Gasteiger charge is -2.56. The highest BCUT2D eigenvalue weighted by Crippen LogP contribution is 2.44. The number of nitrogens with zero attached hydrogens (tertiary/aromatic N) is 2. The highest BCUT2D eigenvalue weighted by atomic mass is 15.2. The highest BCUT2D eigenvalue weighted by Gasteiger charge is 2.46. The third kappa shape index (κ3) is 3.52. The predicted octanol–water partition coefficient (Wildman–Crippen LogP) is 3.48. The normalized spacial score (nSPS) is 31.6. The quantitative estimate of drug-likeness (QED) is 0.726. The van der Waals surface area contributed by atoms with Gasteiger partial charge in [0.25, 0.3) is 0 Å². The van der Waals surface area contributed by atoms with Crippen molar-refractivity contribution in [3.8, 4) is 0 Å². The van der Waals surface area contributed by atoms with Gasteiger partial charge in [-0.15, -0.1) is 0 Å². The summed E-state index contributed by atoms with van der Waals surface area (Å²) < 4.78 is 0. The lowest BCUT2D eigenvalue weighted by atomic mass is 9.63. The largest absolute Gasteiger partial charge is 0.303 e. The standard InChI is InChI=1S/C17H34N2/c1-5-7-9-18-11-15-13-19(10-8-6-2)14-16(12-18)17(15,3)4/h15-16H,5-14H2,1-4H3. The minimum absolute atomic E-state index is 0.561. The summed E-state index contributed by atoms with van der Waals surface area (Å²) in [6, 6.07) is 0. The number of unbranched alkanes of at least 4 members (excludes halogenated alkanes) is 2. The highest BCUT2D eigenvalue weighted by molar-refractivity contribution is 4.98. The molecule has 0 aromatic carbocycles. The molecule has 0 N–H and O–H groups in total. The molecule has 2 heterocycles. The molecule has 2 heteroatoms. The van der Waals surface area contributed by atoms with Crippen LogP contribution in [0.5, 0.6) is 0 Å². The SMILES string of the molecule is CCCCN1CC2CN(CCCC)CC(C1)C2(C)C. The molecule has 112 valence electrons. The summed E-state index contributed by atoms with van der Waals surface area (Å²) in [5.74, 6) is 1.77. The molecule has 0 atom stereocenters. The molecule has 0 aromatic rings.